The van der Waals surface area contributed by atoms with Crippen molar-refractivity contribution >= 4 is 27.3 Å². The van der Waals surface area contributed by atoms with Gasteiger partial charge in [0.15, 0.2) is 0 Å². The minimum Gasteiger partial charge on any atom is -0.378 e. The summed E-state index contributed by atoms with van der Waals surface area (Å²) in [5.41, 5.74) is 0. The first-order chi connectivity index (χ1) is 8.67. The number of ether oxygens (including phenoxy) is 1. The number of hydrogen-bond acceptors (Lipinski definition) is 3. The third kappa shape index (κ3) is 2.98. The number of aryl methyl sites for hydroxylation is 1. The molecule has 0 spiro atoms. The molecule has 1 saturated heterocycles. The van der Waals surface area contributed by atoms with E-state index in [0.29, 0.717) is 18.1 Å². The van der Waals surface area contributed by atoms with Crippen molar-refractivity contribution in [2.75, 3.05) is 13.2 Å². The summed E-state index contributed by atoms with van der Waals surface area (Å²) in [6.07, 6.45) is 2.68. The highest BCUT2D eigenvalue weighted by molar-refractivity contribution is 9.10. The van der Waals surface area contributed by atoms with E-state index < -0.39 is 0 Å². The molecule has 2 heterocycles. The molecular formula is C14H22BrNOS. The fraction of sp³-hybridized carbons (Fsp3) is 0.714. The molecule has 1 N–H and O–H groups in total. The van der Waals surface area contributed by atoms with Gasteiger partial charge in [0.05, 0.1) is 6.10 Å². The van der Waals surface area contributed by atoms with E-state index in [-0.39, 0.29) is 0 Å². The first-order valence-electron chi connectivity index (χ1n) is 6.78. The van der Waals surface area contributed by atoms with Gasteiger partial charge in [0.25, 0.3) is 0 Å². The molecule has 0 radical (unpaired) electrons. The van der Waals surface area contributed by atoms with E-state index >= 15 is 0 Å². The summed E-state index contributed by atoms with van der Waals surface area (Å²) in [6.45, 7) is 8.48. The van der Waals surface area contributed by atoms with Crippen molar-refractivity contribution < 1.29 is 4.74 Å². The Hall–Kier alpha value is 0.1000. The smallest absolute Gasteiger partial charge is 0.0620 e. The highest BCUT2D eigenvalue weighted by Gasteiger charge is 2.35. The highest BCUT2D eigenvalue weighted by Crippen LogP contribution is 2.41. The second kappa shape index (κ2) is 6.51. The largest absolute Gasteiger partial charge is 0.378 e. The normalized spacial score (nSPS) is 25.6. The molecule has 0 saturated carbocycles. The minimum atomic E-state index is 0.406. The van der Waals surface area contributed by atoms with Crippen LogP contribution in [0.25, 0.3) is 0 Å². The van der Waals surface area contributed by atoms with E-state index in [1.807, 2.05) is 11.3 Å². The lowest BCUT2D eigenvalue weighted by Gasteiger charge is -2.27. The van der Waals surface area contributed by atoms with Gasteiger partial charge in [0, 0.05) is 32.8 Å². The van der Waals surface area contributed by atoms with Crippen LogP contribution < -0.4 is 5.32 Å². The molecule has 0 aromatic carbocycles. The maximum absolute atomic E-state index is 5.86. The average molecular weight is 332 g/mol. The van der Waals surface area contributed by atoms with E-state index in [4.69, 9.17) is 4.74 Å². The Bertz CT molecular complexity index is 393. The fourth-order valence-corrected chi connectivity index (χ4v) is 4.89. The van der Waals surface area contributed by atoms with Crippen LogP contribution in [0.2, 0.25) is 0 Å². The van der Waals surface area contributed by atoms with Gasteiger partial charge in [0.2, 0.25) is 0 Å². The predicted octanol–water partition coefficient (Wildman–Crippen LogP) is 4.28. The number of thiophene rings is 1. The molecule has 2 rings (SSSR count). The monoisotopic (exact) mass is 331 g/mol. The lowest BCUT2D eigenvalue weighted by atomic mass is 9.90. The first kappa shape index (κ1) is 14.5. The van der Waals surface area contributed by atoms with Crippen molar-refractivity contribution in [1.82, 2.24) is 5.32 Å². The topological polar surface area (TPSA) is 21.3 Å². The molecule has 1 aliphatic heterocycles. The predicted molar refractivity (Wildman–Crippen MR) is 81.3 cm³/mol. The molecule has 3 atom stereocenters. The molecule has 18 heavy (non-hydrogen) atoms. The Morgan fingerprint density at radius 3 is 2.89 bits per heavy atom. The van der Waals surface area contributed by atoms with Crippen molar-refractivity contribution in [2.45, 2.75) is 45.8 Å². The summed E-state index contributed by atoms with van der Waals surface area (Å²) >= 11 is 5.60. The van der Waals surface area contributed by atoms with Gasteiger partial charge in [-0.1, -0.05) is 13.8 Å². The Morgan fingerprint density at radius 2 is 2.33 bits per heavy atom. The van der Waals surface area contributed by atoms with Crippen molar-refractivity contribution in [3.8, 4) is 0 Å². The van der Waals surface area contributed by atoms with Crippen molar-refractivity contribution in [3.05, 3.63) is 20.3 Å². The van der Waals surface area contributed by atoms with Gasteiger partial charge in [-0.3, -0.25) is 0 Å². The van der Waals surface area contributed by atoms with E-state index in [9.17, 15) is 0 Å². The molecule has 1 aliphatic rings. The third-order valence-corrected chi connectivity index (χ3v) is 5.69. The van der Waals surface area contributed by atoms with Crippen molar-refractivity contribution in [3.63, 3.8) is 0 Å². The van der Waals surface area contributed by atoms with Gasteiger partial charge in [-0.15, -0.1) is 11.3 Å². The quantitative estimate of drug-likeness (QED) is 0.869. The second-order valence-corrected chi connectivity index (χ2v) is 7.02. The molecule has 0 bridgehead atoms. The first-order valence-corrected chi connectivity index (χ1v) is 8.39. The van der Waals surface area contributed by atoms with Gasteiger partial charge in [-0.2, -0.15) is 0 Å². The molecule has 1 fully saturated rings. The second-order valence-electron chi connectivity index (χ2n) is 4.87. The van der Waals surface area contributed by atoms with E-state index in [2.05, 4.69) is 48.1 Å². The van der Waals surface area contributed by atoms with Crippen LogP contribution in [0.3, 0.4) is 0 Å². The lowest BCUT2D eigenvalue weighted by Crippen LogP contribution is -2.32. The molecule has 102 valence electrons. The molecule has 0 amide bonds. The minimum absolute atomic E-state index is 0.406. The molecular weight excluding hydrogens is 310 g/mol. The zero-order chi connectivity index (χ0) is 13.1. The summed E-state index contributed by atoms with van der Waals surface area (Å²) in [5.74, 6) is 0.601. The molecule has 2 nitrogen and oxygen atoms in total. The average Bonchev–Trinajstić information content (AvgIpc) is 2.92. The number of rotatable bonds is 5. The van der Waals surface area contributed by atoms with Crippen LogP contribution >= 0.6 is 27.3 Å². The van der Waals surface area contributed by atoms with E-state index in [0.717, 1.165) is 19.6 Å². The summed E-state index contributed by atoms with van der Waals surface area (Å²) in [7, 11) is 0. The Kier molecular flexibility index (Phi) is 5.24. The maximum Gasteiger partial charge on any atom is 0.0620 e. The third-order valence-electron chi connectivity index (χ3n) is 3.63. The van der Waals surface area contributed by atoms with Crippen LogP contribution in [-0.2, 0) is 4.74 Å². The Morgan fingerprint density at radius 1 is 1.56 bits per heavy atom. The van der Waals surface area contributed by atoms with Crippen molar-refractivity contribution in [2.24, 2.45) is 5.92 Å². The van der Waals surface area contributed by atoms with Crippen LogP contribution in [0.15, 0.2) is 10.5 Å². The summed E-state index contributed by atoms with van der Waals surface area (Å²) in [4.78, 5) is 2.80. The number of halogens is 1. The van der Waals surface area contributed by atoms with E-state index in [1.165, 1.54) is 20.6 Å². The summed E-state index contributed by atoms with van der Waals surface area (Å²) in [6, 6.07) is 2.65. The summed E-state index contributed by atoms with van der Waals surface area (Å²) in [5, 5.41) is 3.66. The Labute approximate surface area is 122 Å². The van der Waals surface area contributed by atoms with Gasteiger partial charge < -0.3 is 10.1 Å². The lowest BCUT2D eigenvalue weighted by molar-refractivity contribution is 0.0779. The van der Waals surface area contributed by atoms with E-state index in [1.54, 1.807) is 0 Å². The van der Waals surface area contributed by atoms with Gasteiger partial charge in [-0.25, -0.2) is 0 Å². The van der Waals surface area contributed by atoms with Gasteiger partial charge >= 0.3 is 0 Å². The number of nitrogens with one attached hydrogen (secondary N) is 1. The van der Waals surface area contributed by atoms with Gasteiger partial charge in [0.1, 0.15) is 0 Å². The molecule has 0 aliphatic carbocycles. The molecule has 3 unspecified atom stereocenters. The molecule has 4 heteroatoms. The van der Waals surface area contributed by atoms with Crippen LogP contribution in [0, 0.1) is 12.8 Å². The number of hydrogen-bond donors (Lipinski definition) is 1. The molecule has 1 aromatic heterocycles. The molecule has 1 aromatic rings. The fourth-order valence-electron chi connectivity index (χ4n) is 2.84. The standard InChI is InChI=1S/C14H22BrNOS/c1-4-12-10(6-7-17-12)13(16-5-2)14-11(15)8-9(3)18-14/h8,10,12-13,16H,4-7H2,1-3H3. The van der Waals surface area contributed by atoms with Crippen LogP contribution in [0.1, 0.15) is 42.5 Å². The van der Waals surface area contributed by atoms with Crippen molar-refractivity contribution in [1.29, 1.82) is 0 Å². The van der Waals surface area contributed by atoms with Crippen LogP contribution in [-0.4, -0.2) is 19.3 Å². The van der Waals surface area contributed by atoms with Gasteiger partial charge in [-0.05, 0) is 48.3 Å². The zero-order valence-corrected chi connectivity index (χ0v) is 13.7. The van der Waals surface area contributed by atoms with Crippen LogP contribution in [0.4, 0.5) is 0 Å². The summed E-state index contributed by atoms with van der Waals surface area (Å²) < 4.78 is 7.11. The maximum atomic E-state index is 5.86. The Balaban J connectivity index is 2.24. The SMILES string of the molecule is CCNC(c1sc(C)cc1Br)C1CCOC1CC. The zero-order valence-electron chi connectivity index (χ0n) is 11.3. The van der Waals surface area contributed by atoms with Crippen LogP contribution in [0.5, 0.6) is 0 Å². The highest BCUT2D eigenvalue weighted by atomic mass is 79.9.